The number of piperidine rings is 1. The van der Waals surface area contributed by atoms with Crippen molar-refractivity contribution in [2.45, 2.75) is 25.9 Å². The number of rotatable bonds is 3. The van der Waals surface area contributed by atoms with Crippen molar-refractivity contribution in [3.63, 3.8) is 0 Å². The van der Waals surface area contributed by atoms with Gasteiger partial charge in [0, 0.05) is 13.1 Å². The second kappa shape index (κ2) is 6.66. The number of likely N-dealkylation sites (tertiary alicyclic amines) is 1. The number of carbonyl (C=O) groups excluding carboxylic acids is 1. The standard InChI is InChI=1S/C14H18ClNO3/c1-18-13-6-5-11(9-12(13)15)10-19-14(17)16-7-3-2-4-8-16/h5-6,9H,2-4,7-8,10H2,1H3. The lowest BCUT2D eigenvalue weighted by atomic mass is 10.1. The SMILES string of the molecule is COc1ccc(COC(=O)N2CCCCC2)cc1Cl. The number of halogens is 1. The third-order valence-electron chi connectivity index (χ3n) is 3.19. The highest BCUT2D eigenvalue weighted by Gasteiger charge is 2.17. The average molecular weight is 284 g/mol. The van der Waals surface area contributed by atoms with Crippen molar-refractivity contribution in [2.24, 2.45) is 0 Å². The number of amides is 1. The zero-order valence-corrected chi connectivity index (χ0v) is 11.8. The minimum atomic E-state index is -0.244. The summed E-state index contributed by atoms with van der Waals surface area (Å²) in [6, 6.07) is 5.37. The molecule has 1 aliphatic rings. The van der Waals surface area contributed by atoms with E-state index in [0.717, 1.165) is 31.5 Å². The maximum absolute atomic E-state index is 11.8. The van der Waals surface area contributed by atoms with Gasteiger partial charge in [0.05, 0.1) is 12.1 Å². The summed E-state index contributed by atoms with van der Waals surface area (Å²) in [5.41, 5.74) is 0.858. The molecule has 1 aromatic rings. The second-order valence-electron chi connectivity index (χ2n) is 4.57. The summed E-state index contributed by atoms with van der Waals surface area (Å²) in [6.07, 6.45) is 3.07. The van der Waals surface area contributed by atoms with Crippen LogP contribution in [0.2, 0.25) is 5.02 Å². The lowest BCUT2D eigenvalue weighted by Gasteiger charge is -2.25. The number of benzene rings is 1. The Bertz CT molecular complexity index is 444. The lowest BCUT2D eigenvalue weighted by Crippen LogP contribution is -2.35. The van der Waals surface area contributed by atoms with Gasteiger partial charge in [0.15, 0.2) is 0 Å². The number of hydrogen-bond donors (Lipinski definition) is 0. The van der Waals surface area contributed by atoms with Crippen molar-refractivity contribution in [1.82, 2.24) is 4.90 Å². The third kappa shape index (κ3) is 3.77. The summed E-state index contributed by atoms with van der Waals surface area (Å²) in [4.78, 5) is 13.6. The van der Waals surface area contributed by atoms with Crippen molar-refractivity contribution < 1.29 is 14.3 Å². The van der Waals surface area contributed by atoms with E-state index in [0.29, 0.717) is 10.8 Å². The molecule has 2 rings (SSSR count). The molecule has 1 fully saturated rings. The Morgan fingerprint density at radius 3 is 2.68 bits per heavy atom. The zero-order valence-electron chi connectivity index (χ0n) is 11.0. The Morgan fingerprint density at radius 1 is 1.32 bits per heavy atom. The van der Waals surface area contributed by atoms with Crippen molar-refractivity contribution in [1.29, 1.82) is 0 Å². The third-order valence-corrected chi connectivity index (χ3v) is 3.49. The van der Waals surface area contributed by atoms with Gasteiger partial charge >= 0.3 is 6.09 Å². The highest BCUT2D eigenvalue weighted by molar-refractivity contribution is 6.32. The number of methoxy groups -OCH3 is 1. The summed E-state index contributed by atoms with van der Waals surface area (Å²) < 4.78 is 10.4. The fourth-order valence-electron chi connectivity index (χ4n) is 2.11. The van der Waals surface area contributed by atoms with Crippen molar-refractivity contribution in [2.75, 3.05) is 20.2 Å². The van der Waals surface area contributed by atoms with Crippen molar-refractivity contribution in [3.05, 3.63) is 28.8 Å². The fourth-order valence-corrected chi connectivity index (χ4v) is 2.39. The molecule has 1 heterocycles. The van der Waals surface area contributed by atoms with Gasteiger partial charge in [0.2, 0.25) is 0 Å². The van der Waals surface area contributed by atoms with Crippen LogP contribution in [-0.4, -0.2) is 31.2 Å². The summed E-state index contributed by atoms with van der Waals surface area (Å²) in [5.74, 6) is 0.618. The Morgan fingerprint density at radius 2 is 2.05 bits per heavy atom. The molecule has 0 bridgehead atoms. The monoisotopic (exact) mass is 283 g/mol. The van der Waals surface area contributed by atoms with Crippen molar-refractivity contribution >= 4 is 17.7 Å². The number of nitrogens with zero attached hydrogens (tertiary/aromatic N) is 1. The molecule has 1 aromatic carbocycles. The van der Waals surface area contributed by atoms with Crippen LogP contribution in [0.15, 0.2) is 18.2 Å². The average Bonchev–Trinajstić information content (AvgIpc) is 2.46. The van der Waals surface area contributed by atoms with Gasteiger partial charge < -0.3 is 14.4 Å². The molecule has 19 heavy (non-hydrogen) atoms. The number of carbonyl (C=O) groups is 1. The first kappa shape index (κ1) is 14.0. The van der Waals surface area contributed by atoms with Gasteiger partial charge in [-0.3, -0.25) is 0 Å². The molecule has 0 atom stereocenters. The maximum atomic E-state index is 11.8. The van der Waals surface area contributed by atoms with E-state index in [-0.39, 0.29) is 12.7 Å². The van der Waals surface area contributed by atoms with Crippen LogP contribution in [-0.2, 0) is 11.3 Å². The first-order valence-corrected chi connectivity index (χ1v) is 6.82. The van der Waals surface area contributed by atoms with E-state index in [2.05, 4.69) is 0 Å². The van der Waals surface area contributed by atoms with Crippen LogP contribution in [0.25, 0.3) is 0 Å². The van der Waals surface area contributed by atoms with E-state index in [9.17, 15) is 4.79 Å². The van der Waals surface area contributed by atoms with Crippen LogP contribution < -0.4 is 4.74 Å². The molecule has 0 spiro atoms. The Balaban J connectivity index is 1.87. The first-order chi connectivity index (χ1) is 9.20. The molecule has 0 unspecified atom stereocenters. The van der Waals surface area contributed by atoms with Crippen LogP contribution in [0.4, 0.5) is 4.79 Å². The van der Waals surface area contributed by atoms with Gasteiger partial charge in [0.25, 0.3) is 0 Å². The van der Waals surface area contributed by atoms with E-state index in [1.807, 2.05) is 6.07 Å². The van der Waals surface area contributed by atoms with Gasteiger partial charge in [-0.05, 0) is 37.0 Å². The predicted molar refractivity (Wildman–Crippen MR) is 73.6 cm³/mol. The Hall–Kier alpha value is -1.42. The van der Waals surface area contributed by atoms with E-state index < -0.39 is 0 Å². The van der Waals surface area contributed by atoms with Crippen LogP contribution in [0.1, 0.15) is 24.8 Å². The molecule has 0 saturated carbocycles. The minimum absolute atomic E-state index is 0.235. The Kier molecular flexibility index (Phi) is 4.91. The molecule has 5 heteroatoms. The van der Waals surface area contributed by atoms with Gasteiger partial charge in [-0.25, -0.2) is 4.79 Å². The zero-order chi connectivity index (χ0) is 13.7. The molecular weight excluding hydrogens is 266 g/mol. The van der Waals surface area contributed by atoms with Crippen LogP contribution in [0, 0.1) is 0 Å². The number of ether oxygens (including phenoxy) is 2. The summed E-state index contributed by atoms with van der Waals surface area (Å²) in [5, 5.41) is 0.522. The van der Waals surface area contributed by atoms with Gasteiger partial charge in [-0.15, -0.1) is 0 Å². The second-order valence-corrected chi connectivity index (χ2v) is 4.98. The highest BCUT2D eigenvalue weighted by Crippen LogP contribution is 2.25. The molecule has 0 radical (unpaired) electrons. The molecule has 0 aromatic heterocycles. The highest BCUT2D eigenvalue weighted by atomic mass is 35.5. The first-order valence-electron chi connectivity index (χ1n) is 6.45. The van der Waals surface area contributed by atoms with Gasteiger partial charge in [0.1, 0.15) is 12.4 Å². The van der Waals surface area contributed by atoms with E-state index >= 15 is 0 Å². The van der Waals surface area contributed by atoms with Gasteiger partial charge in [-0.1, -0.05) is 17.7 Å². The van der Waals surface area contributed by atoms with Crippen LogP contribution >= 0.6 is 11.6 Å². The molecule has 1 aliphatic heterocycles. The van der Waals surface area contributed by atoms with Crippen LogP contribution in [0.3, 0.4) is 0 Å². The normalized spacial score (nSPS) is 15.2. The molecule has 0 aliphatic carbocycles. The summed E-state index contributed by atoms with van der Waals surface area (Å²) in [7, 11) is 1.57. The quantitative estimate of drug-likeness (QED) is 0.852. The molecule has 104 valence electrons. The predicted octanol–water partition coefficient (Wildman–Crippen LogP) is 3.47. The topological polar surface area (TPSA) is 38.8 Å². The molecular formula is C14H18ClNO3. The summed E-state index contributed by atoms with van der Waals surface area (Å²) in [6.45, 7) is 1.82. The fraction of sp³-hybridized carbons (Fsp3) is 0.500. The lowest BCUT2D eigenvalue weighted by molar-refractivity contribution is 0.0894. The summed E-state index contributed by atoms with van der Waals surface area (Å²) >= 11 is 6.02. The van der Waals surface area contributed by atoms with E-state index in [1.165, 1.54) is 6.42 Å². The maximum Gasteiger partial charge on any atom is 0.410 e. The Labute approximate surface area is 118 Å². The van der Waals surface area contributed by atoms with E-state index in [1.54, 1.807) is 24.1 Å². The van der Waals surface area contributed by atoms with E-state index in [4.69, 9.17) is 21.1 Å². The van der Waals surface area contributed by atoms with Crippen LogP contribution in [0.5, 0.6) is 5.75 Å². The smallest absolute Gasteiger partial charge is 0.410 e. The largest absolute Gasteiger partial charge is 0.495 e. The van der Waals surface area contributed by atoms with Gasteiger partial charge in [-0.2, -0.15) is 0 Å². The molecule has 4 nitrogen and oxygen atoms in total. The molecule has 1 saturated heterocycles. The number of hydrogen-bond acceptors (Lipinski definition) is 3. The molecule has 1 amide bonds. The molecule has 0 N–H and O–H groups in total. The van der Waals surface area contributed by atoms with Crippen molar-refractivity contribution in [3.8, 4) is 5.75 Å². The minimum Gasteiger partial charge on any atom is -0.495 e.